The van der Waals surface area contributed by atoms with Gasteiger partial charge in [0.2, 0.25) is 0 Å². The first-order chi connectivity index (χ1) is 11.7. The highest BCUT2D eigenvalue weighted by atomic mass is 16.2. The minimum Gasteiger partial charge on any atom is -0.339 e. The van der Waals surface area contributed by atoms with Crippen molar-refractivity contribution in [1.82, 2.24) is 4.90 Å². The molecule has 0 fully saturated rings. The van der Waals surface area contributed by atoms with Crippen molar-refractivity contribution in [2.24, 2.45) is 0 Å². The van der Waals surface area contributed by atoms with Gasteiger partial charge in [0.25, 0.3) is 11.8 Å². The molecule has 2 aromatic carbocycles. The summed E-state index contributed by atoms with van der Waals surface area (Å²) in [4.78, 5) is 26.7. The third kappa shape index (κ3) is 4.69. The van der Waals surface area contributed by atoms with Crippen LogP contribution in [0.1, 0.15) is 47.4 Å². The fraction of sp³-hybridized carbons (Fsp3) is 0.300. The van der Waals surface area contributed by atoms with Crippen LogP contribution < -0.4 is 5.32 Å². The van der Waals surface area contributed by atoms with E-state index in [1.165, 1.54) is 0 Å². The van der Waals surface area contributed by atoms with Gasteiger partial charge in [0.1, 0.15) is 0 Å². The van der Waals surface area contributed by atoms with Gasteiger partial charge in [-0.25, -0.2) is 0 Å². The fourth-order valence-electron chi connectivity index (χ4n) is 2.46. The summed E-state index contributed by atoms with van der Waals surface area (Å²) < 4.78 is 0. The third-order valence-corrected chi connectivity index (χ3v) is 3.85. The van der Waals surface area contributed by atoms with E-state index in [1.807, 2.05) is 30.0 Å². The molecule has 0 heterocycles. The molecule has 0 radical (unpaired) electrons. The molecule has 2 rings (SSSR count). The zero-order chi connectivity index (χ0) is 17.4. The first-order valence-corrected chi connectivity index (χ1v) is 8.41. The molecule has 24 heavy (non-hydrogen) atoms. The van der Waals surface area contributed by atoms with Crippen LogP contribution in [0.2, 0.25) is 0 Å². The number of rotatable bonds is 7. The maximum Gasteiger partial charge on any atom is 0.255 e. The third-order valence-electron chi connectivity index (χ3n) is 3.85. The molecule has 0 saturated carbocycles. The minimum absolute atomic E-state index is 0.00163. The standard InChI is InChI=1S/C20H24N2O2/c1-3-5-14-22(4-2)20(24)17-12-9-13-18(15-17)21-19(23)16-10-7-6-8-11-16/h6-13,15H,3-5,14H2,1-2H3,(H,21,23). The van der Waals surface area contributed by atoms with Crippen LogP contribution in [0.15, 0.2) is 54.6 Å². The zero-order valence-corrected chi connectivity index (χ0v) is 14.3. The lowest BCUT2D eigenvalue weighted by Crippen LogP contribution is -2.31. The van der Waals surface area contributed by atoms with Crippen LogP contribution in [0.3, 0.4) is 0 Å². The summed E-state index contributed by atoms with van der Waals surface area (Å²) >= 11 is 0. The molecule has 0 aliphatic heterocycles. The van der Waals surface area contributed by atoms with Crippen molar-refractivity contribution in [3.8, 4) is 0 Å². The molecule has 4 nitrogen and oxygen atoms in total. The average molecular weight is 324 g/mol. The van der Waals surface area contributed by atoms with Gasteiger partial charge in [-0.15, -0.1) is 0 Å². The molecule has 0 saturated heterocycles. The van der Waals surface area contributed by atoms with Crippen LogP contribution in [0.25, 0.3) is 0 Å². The molecule has 0 unspecified atom stereocenters. The van der Waals surface area contributed by atoms with E-state index in [0.717, 1.165) is 19.4 Å². The van der Waals surface area contributed by atoms with E-state index < -0.39 is 0 Å². The molecule has 126 valence electrons. The molecule has 0 aliphatic rings. The molecule has 4 heteroatoms. The van der Waals surface area contributed by atoms with E-state index in [-0.39, 0.29) is 11.8 Å². The Morgan fingerprint density at radius 2 is 1.67 bits per heavy atom. The molecule has 1 N–H and O–H groups in total. The largest absolute Gasteiger partial charge is 0.339 e. The number of carbonyl (C=O) groups excluding carboxylic acids is 2. The summed E-state index contributed by atoms with van der Waals surface area (Å²) in [7, 11) is 0. The van der Waals surface area contributed by atoms with Gasteiger partial charge in [0.15, 0.2) is 0 Å². The van der Waals surface area contributed by atoms with Crippen LogP contribution >= 0.6 is 0 Å². The second-order valence-corrected chi connectivity index (χ2v) is 5.64. The average Bonchev–Trinajstić information content (AvgIpc) is 2.63. The molecular weight excluding hydrogens is 300 g/mol. The highest BCUT2D eigenvalue weighted by Crippen LogP contribution is 2.14. The molecule has 2 aromatic rings. The van der Waals surface area contributed by atoms with Crippen molar-refractivity contribution in [2.75, 3.05) is 18.4 Å². The predicted octanol–water partition coefficient (Wildman–Crippen LogP) is 4.20. The fourth-order valence-corrected chi connectivity index (χ4v) is 2.46. The van der Waals surface area contributed by atoms with Gasteiger partial charge in [-0.05, 0) is 43.7 Å². The molecule has 0 atom stereocenters. The van der Waals surface area contributed by atoms with Crippen molar-refractivity contribution in [3.63, 3.8) is 0 Å². The number of hydrogen-bond donors (Lipinski definition) is 1. The van der Waals surface area contributed by atoms with E-state index in [1.54, 1.807) is 36.4 Å². The molecule has 0 bridgehead atoms. The Kier molecular flexibility index (Phi) is 6.55. The van der Waals surface area contributed by atoms with Gasteiger partial charge < -0.3 is 10.2 Å². The first kappa shape index (κ1) is 17.7. The lowest BCUT2D eigenvalue weighted by Gasteiger charge is -2.21. The van der Waals surface area contributed by atoms with Gasteiger partial charge in [-0.1, -0.05) is 37.6 Å². The van der Waals surface area contributed by atoms with Gasteiger partial charge in [-0.3, -0.25) is 9.59 Å². The van der Waals surface area contributed by atoms with Gasteiger partial charge in [0.05, 0.1) is 0 Å². The smallest absolute Gasteiger partial charge is 0.255 e. The second kappa shape index (κ2) is 8.87. The summed E-state index contributed by atoms with van der Waals surface area (Å²) in [5, 5.41) is 2.84. The Hall–Kier alpha value is -2.62. The number of carbonyl (C=O) groups is 2. The van der Waals surface area contributed by atoms with Crippen LogP contribution in [0, 0.1) is 0 Å². The number of nitrogens with zero attached hydrogens (tertiary/aromatic N) is 1. The van der Waals surface area contributed by atoms with Crippen molar-refractivity contribution in [3.05, 3.63) is 65.7 Å². The second-order valence-electron chi connectivity index (χ2n) is 5.64. The quantitative estimate of drug-likeness (QED) is 0.830. The Bertz CT molecular complexity index is 683. The van der Waals surface area contributed by atoms with Crippen molar-refractivity contribution in [1.29, 1.82) is 0 Å². The van der Waals surface area contributed by atoms with Crippen LogP contribution in [-0.2, 0) is 0 Å². The monoisotopic (exact) mass is 324 g/mol. The summed E-state index contributed by atoms with van der Waals surface area (Å²) in [6.07, 6.45) is 2.04. The van der Waals surface area contributed by atoms with Crippen molar-refractivity contribution >= 4 is 17.5 Å². The molecule has 0 aliphatic carbocycles. The number of anilines is 1. The number of benzene rings is 2. The summed E-state index contributed by atoms with van der Waals surface area (Å²) in [6.45, 7) is 5.53. The molecule has 0 aromatic heterocycles. The molecule has 0 spiro atoms. The van der Waals surface area contributed by atoms with Crippen molar-refractivity contribution < 1.29 is 9.59 Å². The Morgan fingerprint density at radius 3 is 2.33 bits per heavy atom. The van der Waals surface area contributed by atoms with Crippen LogP contribution in [0.5, 0.6) is 0 Å². The first-order valence-electron chi connectivity index (χ1n) is 8.41. The van der Waals surface area contributed by atoms with Crippen molar-refractivity contribution in [2.45, 2.75) is 26.7 Å². The SMILES string of the molecule is CCCCN(CC)C(=O)c1cccc(NC(=O)c2ccccc2)c1. The minimum atomic E-state index is -0.182. The number of amides is 2. The Morgan fingerprint density at radius 1 is 0.958 bits per heavy atom. The maximum absolute atomic E-state index is 12.6. The summed E-state index contributed by atoms with van der Waals surface area (Å²) in [5.74, 6) is -0.180. The Balaban J connectivity index is 2.10. The number of nitrogens with one attached hydrogen (secondary N) is 1. The van der Waals surface area contributed by atoms with E-state index in [2.05, 4.69) is 12.2 Å². The van der Waals surface area contributed by atoms with Gasteiger partial charge >= 0.3 is 0 Å². The summed E-state index contributed by atoms with van der Waals surface area (Å²) in [6, 6.07) is 16.1. The number of hydrogen-bond acceptors (Lipinski definition) is 2. The van der Waals surface area contributed by atoms with E-state index in [9.17, 15) is 9.59 Å². The van der Waals surface area contributed by atoms with E-state index >= 15 is 0 Å². The zero-order valence-electron chi connectivity index (χ0n) is 14.3. The normalized spacial score (nSPS) is 10.2. The predicted molar refractivity (Wildman–Crippen MR) is 97.3 cm³/mol. The van der Waals surface area contributed by atoms with Crippen LogP contribution in [-0.4, -0.2) is 29.8 Å². The lowest BCUT2D eigenvalue weighted by molar-refractivity contribution is 0.0762. The highest BCUT2D eigenvalue weighted by molar-refractivity contribution is 6.05. The van der Waals surface area contributed by atoms with Gasteiger partial charge in [-0.2, -0.15) is 0 Å². The maximum atomic E-state index is 12.6. The van der Waals surface area contributed by atoms with E-state index in [0.29, 0.717) is 23.4 Å². The lowest BCUT2D eigenvalue weighted by atomic mass is 10.1. The van der Waals surface area contributed by atoms with Gasteiger partial charge in [0, 0.05) is 29.9 Å². The topological polar surface area (TPSA) is 49.4 Å². The molecule has 2 amide bonds. The highest BCUT2D eigenvalue weighted by Gasteiger charge is 2.14. The van der Waals surface area contributed by atoms with Crippen LogP contribution in [0.4, 0.5) is 5.69 Å². The Labute approximate surface area is 143 Å². The summed E-state index contributed by atoms with van der Waals surface area (Å²) in [5.41, 5.74) is 1.81. The van der Waals surface area contributed by atoms with E-state index in [4.69, 9.17) is 0 Å². The number of unbranched alkanes of at least 4 members (excludes halogenated alkanes) is 1. The molecular formula is C20H24N2O2.